The minimum Gasteiger partial charge on any atom is -0.508 e. The van der Waals surface area contributed by atoms with Gasteiger partial charge in [-0.3, -0.25) is 14.4 Å². The van der Waals surface area contributed by atoms with E-state index in [9.17, 15) is 29.4 Å². The summed E-state index contributed by atoms with van der Waals surface area (Å²) in [5.74, 6) is -2.02. The number of rotatable bonds is 13. The quantitative estimate of drug-likeness (QED) is 0.227. The van der Waals surface area contributed by atoms with Crippen LogP contribution in [0.3, 0.4) is 0 Å². The van der Waals surface area contributed by atoms with Crippen LogP contribution < -0.4 is 10.6 Å². The van der Waals surface area contributed by atoms with Crippen molar-refractivity contribution in [1.82, 2.24) is 15.5 Å². The number of alkyl carbamates (subject to hydrolysis) is 1. The summed E-state index contributed by atoms with van der Waals surface area (Å²) in [7, 11) is 1.19. The summed E-state index contributed by atoms with van der Waals surface area (Å²) in [6, 6.07) is 1.89. The van der Waals surface area contributed by atoms with Crippen molar-refractivity contribution in [3.63, 3.8) is 0 Å². The number of ether oxygens (including phenoxy) is 2. The summed E-state index contributed by atoms with van der Waals surface area (Å²) < 4.78 is 9.82. The Morgan fingerprint density at radius 2 is 1.78 bits per heavy atom. The van der Waals surface area contributed by atoms with Crippen LogP contribution in [0.5, 0.6) is 5.75 Å². The molecule has 0 saturated carbocycles. The molecule has 0 radical (unpaired) electrons. The van der Waals surface area contributed by atoms with Crippen LogP contribution in [0.4, 0.5) is 4.79 Å². The molecular formula is C26H41N3O8. The van der Waals surface area contributed by atoms with Gasteiger partial charge in [0.15, 0.2) is 0 Å². The number of aliphatic hydroxyl groups is 1. The summed E-state index contributed by atoms with van der Waals surface area (Å²) in [4.78, 5) is 52.3. The number of esters is 1. The molecule has 11 nitrogen and oxygen atoms in total. The molecule has 2 unspecified atom stereocenters. The van der Waals surface area contributed by atoms with Gasteiger partial charge in [0, 0.05) is 6.54 Å². The number of hydrogen-bond acceptors (Lipinski definition) is 8. The highest BCUT2D eigenvalue weighted by Gasteiger charge is 2.36. The Hall–Kier alpha value is -3.34. The average molecular weight is 524 g/mol. The molecule has 3 amide bonds. The van der Waals surface area contributed by atoms with Crippen molar-refractivity contribution < 1.29 is 38.9 Å². The molecule has 0 spiro atoms. The monoisotopic (exact) mass is 523 g/mol. The number of carbonyl (C=O) groups is 4. The number of unbranched alkanes of at least 4 members (excludes halogenated alkanes) is 3. The molecular weight excluding hydrogens is 482 g/mol. The second kappa shape index (κ2) is 15.0. The maximum atomic E-state index is 13.7. The zero-order chi connectivity index (χ0) is 28.2. The number of aryl methyl sites for hydroxylation is 1. The summed E-state index contributed by atoms with van der Waals surface area (Å²) >= 11 is 0. The molecule has 0 aliphatic carbocycles. The highest BCUT2D eigenvalue weighted by molar-refractivity contribution is 5.93. The fourth-order valence-electron chi connectivity index (χ4n) is 3.56. The van der Waals surface area contributed by atoms with Gasteiger partial charge in [0.2, 0.25) is 11.8 Å². The fraction of sp³-hybridized carbons (Fsp3) is 0.615. The number of carbonyl (C=O) groups excluding carboxylic acids is 4. The number of nitrogens with zero attached hydrogens (tertiary/aromatic N) is 1. The molecule has 0 saturated heterocycles. The first-order chi connectivity index (χ1) is 17.3. The molecule has 0 fully saturated rings. The lowest BCUT2D eigenvalue weighted by Gasteiger charge is -2.34. The molecule has 1 aromatic carbocycles. The standard InChI is InChI=1S/C26H41N3O8/c1-7-8-9-10-13-29(24(34)19(16-30)28-25(35)37-26(3,4)5)22(23(33)27-15-21(32)36-6)18-11-12-20(31)17(2)14-18/h11-12,14,19,22,30-31H,7-10,13,15-16H2,1-6H3,(H,27,33)(H,28,35). The number of benzene rings is 1. The summed E-state index contributed by atoms with van der Waals surface area (Å²) in [6.45, 7) is 7.68. The Labute approximate surface area is 218 Å². The van der Waals surface area contributed by atoms with Crippen molar-refractivity contribution in [2.45, 2.75) is 78.0 Å². The first-order valence-corrected chi connectivity index (χ1v) is 12.4. The Morgan fingerprint density at radius 1 is 1.11 bits per heavy atom. The van der Waals surface area contributed by atoms with Crippen molar-refractivity contribution >= 4 is 23.9 Å². The predicted molar refractivity (Wildman–Crippen MR) is 137 cm³/mol. The van der Waals surface area contributed by atoms with Crippen molar-refractivity contribution in [2.75, 3.05) is 26.8 Å². The zero-order valence-electron chi connectivity index (χ0n) is 22.6. The molecule has 0 aliphatic rings. The first-order valence-electron chi connectivity index (χ1n) is 12.4. The molecule has 2 atom stereocenters. The minimum absolute atomic E-state index is 0.0121. The summed E-state index contributed by atoms with van der Waals surface area (Å²) in [6.07, 6.45) is 2.32. The van der Waals surface area contributed by atoms with E-state index >= 15 is 0 Å². The van der Waals surface area contributed by atoms with Crippen LogP contribution in [0, 0.1) is 6.92 Å². The molecule has 11 heteroatoms. The lowest BCUT2D eigenvalue weighted by molar-refractivity contribution is -0.145. The highest BCUT2D eigenvalue weighted by atomic mass is 16.6. The maximum Gasteiger partial charge on any atom is 0.408 e. The fourth-order valence-corrected chi connectivity index (χ4v) is 3.56. The topological polar surface area (TPSA) is 154 Å². The Balaban J connectivity index is 3.43. The van der Waals surface area contributed by atoms with E-state index < -0.39 is 54.7 Å². The molecule has 4 N–H and O–H groups in total. The normalized spacial score (nSPS) is 12.7. The van der Waals surface area contributed by atoms with Gasteiger partial charge in [-0.1, -0.05) is 32.3 Å². The SMILES string of the molecule is CCCCCCN(C(=O)C(CO)NC(=O)OC(C)(C)C)C(C(=O)NCC(=O)OC)c1ccc(O)c(C)c1. The van der Waals surface area contributed by atoms with Crippen LogP contribution in [0.25, 0.3) is 0 Å². The van der Waals surface area contributed by atoms with E-state index in [0.717, 1.165) is 19.3 Å². The van der Waals surface area contributed by atoms with Gasteiger partial charge in [-0.25, -0.2) is 4.79 Å². The van der Waals surface area contributed by atoms with Gasteiger partial charge in [0.25, 0.3) is 0 Å². The molecule has 0 bridgehead atoms. The number of phenolic OH excluding ortho intramolecular Hbond substituents is 1. The average Bonchev–Trinajstić information content (AvgIpc) is 2.83. The van der Waals surface area contributed by atoms with E-state index in [0.29, 0.717) is 17.5 Å². The van der Waals surface area contributed by atoms with Crippen LogP contribution >= 0.6 is 0 Å². The van der Waals surface area contributed by atoms with Crippen LogP contribution in [0.1, 0.15) is 70.5 Å². The van der Waals surface area contributed by atoms with E-state index in [1.165, 1.54) is 24.1 Å². The van der Waals surface area contributed by atoms with Crippen molar-refractivity contribution in [2.24, 2.45) is 0 Å². The maximum absolute atomic E-state index is 13.7. The van der Waals surface area contributed by atoms with Gasteiger partial charge in [0.05, 0.1) is 13.7 Å². The van der Waals surface area contributed by atoms with Crippen LogP contribution in [-0.2, 0) is 23.9 Å². The number of aromatic hydroxyl groups is 1. The second-order valence-electron chi connectivity index (χ2n) is 9.72. The number of hydrogen-bond donors (Lipinski definition) is 4. The minimum atomic E-state index is -1.38. The number of nitrogens with one attached hydrogen (secondary N) is 2. The van der Waals surface area contributed by atoms with Crippen LogP contribution in [0.15, 0.2) is 18.2 Å². The largest absolute Gasteiger partial charge is 0.508 e. The second-order valence-corrected chi connectivity index (χ2v) is 9.72. The number of phenols is 1. The Bertz CT molecular complexity index is 929. The van der Waals surface area contributed by atoms with E-state index in [-0.39, 0.29) is 12.3 Å². The Kier molecular flexibility index (Phi) is 12.9. The zero-order valence-corrected chi connectivity index (χ0v) is 22.6. The van der Waals surface area contributed by atoms with Crippen molar-refractivity contribution in [3.8, 4) is 5.75 Å². The Morgan fingerprint density at radius 3 is 2.32 bits per heavy atom. The number of aliphatic hydroxyl groups excluding tert-OH is 1. The van der Waals surface area contributed by atoms with Gasteiger partial charge < -0.3 is 35.2 Å². The molecule has 0 aliphatic heterocycles. The number of amides is 3. The van der Waals surface area contributed by atoms with Crippen molar-refractivity contribution in [1.29, 1.82) is 0 Å². The van der Waals surface area contributed by atoms with Gasteiger partial charge in [-0.05, 0) is 57.4 Å². The molecule has 1 aromatic rings. The first kappa shape index (κ1) is 31.7. The van der Waals surface area contributed by atoms with Crippen molar-refractivity contribution in [3.05, 3.63) is 29.3 Å². The van der Waals surface area contributed by atoms with Crippen LogP contribution in [-0.4, -0.2) is 77.4 Å². The van der Waals surface area contributed by atoms with E-state index in [4.69, 9.17) is 4.74 Å². The lowest BCUT2D eigenvalue weighted by atomic mass is 9.99. The van der Waals surface area contributed by atoms with Gasteiger partial charge in [-0.2, -0.15) is 0 Å². The molecule has 0 aromatic heterocycles. The van der Waals surface area contributed by atoms with Gasteiger partial charge >= 0.3 is 12.1 Å². The molecule has 1 rings (SSSR count). The highest BCUT2D eigenvalue weighted by Crippen LogP contribution is 2.27. The molecule has 208 valence electrons. The van der Waals surface area contributed by atoms with E-state index in [1.807, 2.05) is 6.92 Å². The molecule has 37 heavy (non-hydrogen) atoms. The number of methoxy groups -OCH3 is 1. The van der Waals surface area contributed by atoms with Gasteiger partial charge in [-0.15, -0.1) is 0 Å². The van der Waals surface area contributed by atoms with E-state index in [2.05, 4.69) is 15.4 Å². The third-order valence-electron chi connectivity index (χ3n) is 5.44. The summed E-state index contributed by atoms with van der Waals surface area (Å²) in [5, 5.41) is 24.8. The predicted octanol–water partition coefficient (Wildman–Crippen LogP) is 2.33. The van der Waals surface area contributed by atoms with Crippen LogP contribution in [0.2, 0.25) is 0 Å². The lowest BCUT2D eigenvalue weighted by Crippen LogP contribution is -2.54. The molecule has 0 heterocycles. The van der Waals surface area contributed by atoms with E-state index in [1.54, 1.807) is 33.8 Å². The third-order valence-corrected chi connectivity index (χ3v) is 5.44. The third kappa shape index (κ3) is 10.7. The smallest absolute Gasteiger partial charge is 0.408 e. The van der Waals surface area contributed by atoms with Gasteiger partial charge in [0.1, 0.15) is 30.0 Å². The summed E-state index contributed by atoms with van der Waals surface area (Å²) in [5.41, 5.74) is 0.0371.